The van der Waals surface area contributed by atoms with Gasteiger partial charge in [0.05, 0.1) is 28.2 Å². The number of amides is 2. The molecule has 13 heteroatoms. The maximum atomic E-state index is 15.8. The summed E-state index contributed by atoms with van der Waals surface area (Å²) < 4.78 is 17.1. The van der Waals surface area contributed by atoms with Gasteiger partial charge in [0.2, 0.25) is 0 Å². The van der Waals surface area contributed by atoms with E-state index in [2.05, 4.69) is 51.2 Å². The van der Waals surface area contributed by atoms with E-state index in [4.69, 9.17) is 17.3 Å². The molecule has 0 aliphatic carbocycles. The van der Waals surface area contributed by atoms with Crippen molar-refractivity contribution >= 4 is 40.5 Å². The van der Waals surface area contributed by atoms with E-state index >= 15 is 4.39 Å². The topological polar surface area (TPSA) is 116 Å². The van der Waals surface area contributed by atoms with Crippen LogP contribution >= 0.6 is 11.6 Å². The average molecular weight is 612 g/mol. The Morgan fingerprint density at radius 2 is 1.65 bits per heavy atom. The molecule has 3 N–H and O–H groups in total. The molecule has 2 amide bonds. The first-order valence-electron chi connectivity index (χ1n) is 14.4. The van der Waals surface area contributed by atoms with Crippen LogP contribution < -0.4 is 16.0 Å². The van der Waals surface area contributed by atoms with Crippen LogP contribution in [0.2, 0.25) is 5.02 Å². The van der Waals surface area contributed by atoms with Gasteiger partial charge in [0.1, 0.15) is 5.69 Å². The van der Waals surface area contributed by atoms with Crippen molar-refractivity contribution in [3.8, 4) is 5.69 Å². The minimum atomic E-state index is -0.566. The predicted molar refractivity (Wildman–Crippen MR) is 167 cm³/mol. The highest BCUT2D eigenvalue weighted by Gasteiger charge is 2.30. The molecule has 0 bridgehead atoms. The van der Waals surface area contributed by atoms with Gasteiger partial charge >= 0.3 is 0 Å². The fourth-order valence-electron chi connectivity index (χ4n) is 5.61. The molecular weight excluding hydrogens is 573 g/mol. The third-order valence-corrected chi connectivity index (χ3v) is 9.36. The molecule has 2 fully saturated rings. The lowest BCUT2D eigenvalue weighted by atomic mass is 10.0. The predicted octanol–water partition coefficient (Wildman–Crippen LogP) is 3.43. The van der Waals surface area contributed by atoms with Crippen LogP contribution in [-0.2, 0) is 0 Å². The molecule has 0 spiro atoms. The van der Waals surface area contributed by atoms with Crippen LogP contribution in [0, 0.1) is 19.7 Å². The number of rotatable bonds is 5. The molecule has 0 saturated carbocycles. The SMILES string of the molecule is Cc1c(N)cc(C(=O)Nc2cc(-n3cc(C(=O)N4CCN(C)CC4)nn3)c(F)cc2N2C[C@@H](C)N(C)[C@@H](C)C2)c(Cl)c1C. The number of anilines is 3. The van der Waals surface area contributed by atoms with Gasteiger partial charge in [-0.15, -0.1) is 5.10 Å². The largest absolute Gasteiger partial charge is 0.398 e. The Balaban J connectivity index is 1.52. The summed E-state index contributed by atoms with van der Waals surface area (Å²) in [5.41, 5.74) is 9.44. The summed E-state index contributed by atoms with van der Waals surface area (Å²) in [5, 5.41) is 11.4. The molecular formula is C30H39ClFN9O2. The van der Waals surface area contributed by atoms with E-state index < -0.39 is 11.7 Å². The molecule has 3 aromatic rings. The van der Waals surface area contributed by atoms with Crippen LogP contribution in [0.15, 0.2) is 24.4 Å². The summed E-state index contributed by atoms with van der Waals surface area (Å²) >= 11 is 6.58. The van der Waals surface area contributed by atoms with Gasteiger partial charge in [-0.25, -0.2) is 9.07 Å². The zero-order valence-electron chi connectivity index (χ0n) is 25.5. The molecule has 1 aromatic heterocycles. The lowest BCUT2D eigenvalue weighted by Crippen LogP contribution is -2.55. The Labute approximate surface area is 256 Å². The van der Waals surface area contributed by atoms with Crippen LogP contribution in [0.4, 0.5) is 21.5 Å². The first-order valence-corrected chi connectivity index (χ1v) is 14.8. The summed E-state index contributed by atoms with van der Waals surface area (Å²) in [7, 11) is 4.07. The summed E-state index contributed by atoms with van der Waals surface area (Å²) in [4.78, 5) is 34.9. The Kier molecular flexibility index (Phi) is 8.64. The fourth-order valence-corrected chi connectivity index (χ4v) is 5.89. The van der Waals surface area contributed by atoms with Gasteiger partial charge in [0.15, 0.2) is 11.5 Å². The number of halogens is 2. The van der Waals surface area contributed by atoms with Crippen molar-refractivity contribution in [1.29, 1.82) is 0 Å². The molecule has 2 aliphatic rings. The Morgan fingerprint density at radius 1 is 1.00 bits per heavy atom. The van der Waals surface area contributed by atoms with Gasteiger partial charge in [-0.3, -0.25) is 14.5 Å². The van der Waals surface area contributed by atoms with E-state index in [1.807, 2.05) is 20.9 Å². The number of likely N-dealkylation sites (N-methyl/N-ethyl adjacent to an activating group) is 2. The number of hydrogen-bond donors (Lipinski definition) is 2. The molecule has 0 radical (unpaired) electrons. The van der Waals surface area contributed by atoms with E-state index in [0.717, 1.165) is 18.7 Å². The van der Waals surface area contributed by atoms with E-state index in [-0.39, 0.29) is 34.9 Å². The maximum Gasteiger partial charge on any atom is 0.276 e. The van der Waals surface area contributed by atoms with Crippen molar-refractivity contribution in [3.63, 3.8) is 0 Å². The second-order valence-corrected chi connectivity index (χ2v) is 12.1. The van der Waals surface area contributed by atoms with Crippen molar-refractivity contribution in [1.82, 2.24) is 29.7 Å². The first kappa shape index (κ1) is 30.7. The number of piperazine rings is 2. The minimum absolute atomic E-state index is 0.0462. The van der Waals surface area contributed by atoms with E-state index in [1.54, 1.807) is 11.0 Å². The summed E-state index contributed by atoms with van der Waals surface area (Å²) in [5.74, 6) is -1.30. The number of nitrogens with zero attached hydrogens (tertiary/aromatic N) is 7. The van der Waals surface area contributed by atoms with Crippen LogP contribution in [0.25, 0.3) is 5.69 Å². The number of nitrogens with one attached hydrogen (secondary N) is 1. The standard InChI is InChI=1S/C30H39ClFN9O2/c1-17-14-40(15-18(2)38(17)6)27-12-22(32)26(41-16-25(35-36-41)30(43)39-9-7-37(5)8-10-39)13-24(27)34-29(42)21-11-23(33)19(3)20(4)28(21)31/h11-13,16-18H,7-10,14-15,33H2,1-6H3,(H,34,42)/t17-,18+. The highest BCUT2D eigenvalue weighted by atomic mass is 35.5. The molecule has 2 aliphatic heterocycles. The number of carbonyl (C=O) groups excluding carboxylic acids is 2. The zero-order chi connectivity index (χ0) is 31.2. The first-order chi connectivity index (χ1) is 20.3. The third kappa shape index (κ3) is 6.04. The Hall–Kier alpha value is -3.74. The fraction of sp³-hybridized carbons (Fsp3) is 0.467. The Bertz CT molecular complexity index is 1540. The van der Waals surface area contributed by atoms with Crippen LogP contribution in [0.3, 0.4) is 0 Å². The van der Waals surface area contributed by atoms with Gasteiger partial charge in [0.25, 0.3) is 11.8 Å². The quantitative estimate of drug-likeness (QED) is 0.422. The van der Waals surface area contributed by atoms with Crippen molar-refractivity contribution < 1.29 is 14.0 Å². The number of aromatic nitrogens is 3. The number of hydrogen-bond acceptors (Lipinski definition) is 8. The molecule has 43 heavy (non-hydrogen) atoms. The average Bonchev–Trinajstić information content (AvgIpc) is 3.47. The number of carbonyl (C=O) groups is 2. The number of nitrogen functional groups attached to an aromatic ring is 1. The molecule has 230 valence electrons. The second-order valence-electron chi connectivity index (χ2n) is 11.8. The summed E-state index contributed by atoms with van der Waals surface area (Å²) in [6.45, 7) is 11.8. The van der Waals surface area contributed by atoms with Crippen molar-refractivity contribution in [3.05, 3.63) is 57.6 Å². The molecule has 11 nitrogen and oxygen atoms in total. The lowest BCUT2D eigenvalue weighted by molar-refractivity contribution is 0.0658. The molecule has 5 rings (SSSR count). The summed E-state index contributed by atoms with van der Waals surface area (Å²) in [6.07, 6.45) is 1.42. The van der Waals surface area contributed by atoms with Gasteiger partial charge in [0, 0.05) is 63.1 Å². The molecule has 2 saturated heterocycles. The second kappa shape index (κ2) is 12.1. The third-order valence-electron chi connectivity index (χ3n) is 8.87. The van der Waals surface area contributed by atoms with E-state index in [0.29, 0.717) is 53.8 Å². The highest BCUT2D eigenvalue weighted by molar-refractivity contribution is 6.35. The Morgan fingerprint density at radius 3 is 2.30 bits per heavy atom. The van der Waals surface area contributed by atoms with Crippen molar-refractivity contribution in [2.45, 2.75) is 39.8 Å². The normalized spacial score (nSPS) is 20.0. The van der Waals surface area contributed by atoms with E-state index in [9.17, 15) is 9.59 Å². The van der Waals surface area contributed by atoms with Crippen molar-refractivity contribution in [2.24, 2.45) is 0 Å². The van der Waals surface area contributed by atoms with Crippen LogP contribution in [-0.4, -0.2) is 107 Å². The lowest BCUT2D eigenvalue weighted by Gasteiger charge is -2.44. The number of nitrogens with two attached hydrogens (primary N) is 1. The maximum absolute atomic E-state index is 15.8. The molecule has 0 unspecified atom stereocenters. The van der Waals surface area contributed by atoms with Gasteiger partial charge in [-0.05, 0) is 65.0 Å². The molecule has 2 atom stereocenters. The molecule has 2 aromatic carbocycles. The smallest absolute Gasteiger partial charge is 0.276 e. The van der Waals surface area contributed by atoms with Crippen LogP contribution in [0.1, 0.15) is 45.8 Å². The zero-order valence-corrected chi connectivity index (χ0v) is 26.2. The van der Waals surface area contributed by atoms with Gasteiger partial charge in [-0.2, -0.15) is 0 Å². The highest BCUT2D eigenvalue weighted by Crippen LogP contribution is 2.35. The monoisotopic (exact) mass is 611 g/mol. The van der Waals surface area contributed by atoms with Crippen molar-refractivity contribution in [2.75, 3.05) is 69.3 Å². The van der Waals surface area contributed by atoms with Gasteiger partial charge < -0.3 is 25.8 Å². The van der Waals surface area contributed by atoms with E-state index in [1.165, 1.54) is 23.0 Å². The summed E-state index contributed by atoms with van der Waals surface area (Å²) in [6, 6.07) is 4.87. The van der Waals surface area contributed by atoms with Crippen LogP contribution in [0.5, 0.6) is 0 Å². The van der Waals surface area contributed by atoms with Gasteiger partial charge in [-0.1, -0.05) is 16.8 Å². The minimum Gasteiger partial charge on any atom is -0.398 e. The number of benzene rings is 2. The molecule has 3 heterocycles.